The second-order valence-corrected chi connectivity index (χ2v) is 12.4. The van der Waals surface area contributed by atoms with Crippen LogP contribution in [-0.4, -0.2) is 51.4 Å². The largest absolute Gasteiger partial charge is 0.497 e. The maximum Gasteiger partial charge on any atom is 0.264 e. The van der Waals surface area contributed by atoms with Gasteiger partial charge in [-0.15, -0.1) is 0 Å². The average Bonchev–Trinajstić information content (AvgIpc) is 3.03. The van der Waals surface area contributed by atoms with Crippen LogP contribution >= 0.6 is 0 Å². The van der Waals surface area contributed by atoms with Crippen molar-refractivity contribution < 1.29 is 22.7 Å². The molecule has 1 atom stereocenters. The third-order valence-electron chi connectivity index (χ3n) is 7.47. The van der Waals surface area contributed by atoms with Gasteiger partial charge >= 0.3 is 0 Å². The van der Waals surface area contributed by atoms with E-state index in [1.165, 1.54) is 24.1 Å². The number of anilines is 1. The highest BCUT2D eigenvalue weighted by Gasteiger charge is 2.34. The molecule has 0 heterocycles. The number of ether oxygens (including phenoxy) is 1. The van der Waals surface area contributed by atoms with E-state index in [-0.39, 0.29) is 23.8 Å². The fraction of sp³-hybridized carbons (Fsp3) is 0.257. The molecule has 0 spiro atoms. The standard InChI is InChI=1S/C35H39N3O5S/c1-5-36-35(40)33(23-28-12-7-6-8-13-28)37(24-29-14-10-9-11-27(29)3)34(39)25-38(30-17-19-31(43-4)20-18-30)44(41,42)32-21-15-26(2)16-22-32/h6-22,33H,5,23-25H2,1-4H3,(H,36,40)/t33-/m0/s1. The Morgan fingerprint density at radius 1 is 0.841 bits per heavy atom. The van der Waals surface area contributed by atoms with Gasteiger partial charge in [-0.3, -0.25) is 13.9 Å². The van der Waals surface area contributed by atoms with Crippen molar-refractivity contribution in [1.82, 2.24) is 10.2 Å². The average molecular weight is 614 g/mol. The fourth-order valence-electron chi connectivity index (χ4n) is 4.93. The highest BCUT2D eigenvalue weighted by Crippen LogP contribution is 2.27. The van der Waals surface area contributed by atoms with E-state index in [9.17, 15) is 18.0 Å². The van der Waals surface area contributed by atoms with E-state index in [1.807, 2.05) is 75.4 Å². The van der Waals surface area contributed by atoms with Crippen molar-refractivity contribution in [3.8, 4) is 5.75 Å². The Hall–Kier alpha value is -4.63. The van der Waals surface area contributed by atoms with Crippen molar-refractivity contribution in [2.75, 3.05) is 24.5 Å². The van der Waals surface area contributed by atoms with Gasteiger partial charge in [0.05, 0.1) is 17.7 Å². The van der Waals surface area contributed by atoms with Gasteiger partial charge in [0.15, 0.2) is 0 Å². The molecule has 0 saturated carbocycles. The Kier molecular flexibility index (Phi) is 10.8. The number of amides is 2. The summed E-state index contributed by atoms with van der Waals surface area (Å²) in [5.41, 5.74) is 3.91. The number of nitrogens with one attached hydrogen (secondary N) is 1. The number of sulfonamides is 1. The van der Waals surface area contributed by atoms with Crippen molar-refractivity contribution in [2.24, 2.45) is 0 Å². The minimum absolute atomic E-state index is 0.0572. The first-order valence-electron chi connectivity index (χ1n) is 14.5. The van der Waals surface area contributed by atoms with Crippen molar-refractivity contribution in [2.45, 2.75) is 44.7 Å². The summed E-state index contributed by atoms with van der Waals surface area (Å²) in [4.78, 5) is 29.6. The lowest BCUT2D eigenvalue weighted by Crippen LogP contribution is -2.53. The molecule has 4 aromatic carbocycles. The van der Waals surface area contributed by atoms with Crippen LogP contribution in [0.1, 0.15) is 29.2 Å². The van der Waals surface area contributed by atoms with E-state index in [2.05, 4.69) is 5.32 Å². The summed E-state index contributed by atoms with van der Waals surface area (Å²) < 4.78 is 34.6. The molecule has 0 bridgehead atoms. The monoisotopic (exact) mass is 613 g/mol. The van der Waals surface area contributed by atoms with Gasteiger partial charge in [-0.05, 0) is 73.9 Å². The Morgan fingerprint density at radius 3 is 2.09 bits per heavy atom. The molecular formula is C35H39N3O5S. The van der Waals surface area contributed by atoms with Crippen LogP contribution in [0, 0.1) is 13.8 Å². The molecule has 0 aromatic heterocycles. The minimum atomic E-state index is -4.17. The second kappa shape index (κ2) is 14.7. The number of aryl methyl sites for hydroxylation is 2. The Morgan fingerprint density at radius 2 is 1.48 bits per heavy atom. The molecule has 0 unspecified atom stereocenters. The second-order valence-electron chi connectivity index (χ2n) is 10.6. The predicted octanol–water partition coefficient (Wildman–Crippen LogP) is 5.28. The summed E-state index contributed by atoms with van der Waals surface area (Å²) in [6.45, 7) is 5.64. The van der Waals surface area contributed by atoms with Crippen molar-refractivity contribution >= 4 is 27.5 Å². The van der Waals surface area contributed by atoms with E-state index in [1.54, 1.807) is 36.4 Å². The van der Waals surface area contributed by atoms with Gasteiger partial charge in [-0.2, -0.15) is 0 Å². The lowest BCUT2D eigenvalue weighted by atomic mass is 10.0. The zero-order valence-electron chi connectivity index (χ0n) is 25.6. The van der Waals surface area contributed by atoms with E-state index in [0.717, 1.165) is 26.6 Å². The van der Waals surface area contributed by atoms with Crippen LogP contribution in [0.4, 0.5) is 5.69 Å². The fourth-order valence-corrected chi connectivity index (χ4v) is 6.35. The Labute approximate surface area is 260 Å². The van der Waals surface area contributed by atoms with Crippen molar-refractivity contribution in [1.29, 1.82) is 0 Å². The molecular weight excluding hydrogens is 574 g/mol. The molecule has 230 valence electrons. The number of hydrogen-bond acceptors (Lipinski definition) is 5. The number of carbonyl (C=O) groups is 2. The van der Waals surface area contributed by atoms with Crippen LogP contribution in [-0.2, 0) is 32.6 Å². The van der Waals surface area contributed by atoms with E-state index in [4.69, 9.17) is 4.74 Å². The molecule has 9 heteroatoms. The first-order valence-corrected chi connectivity index (χ1v) is 16.0. The summed E-state index contributed by atoms with van der Waals surface area (Å²) in [5, 5.41) is 2.88. The third kappa shape index (κ3) is 7.85. The zero-order valence-corrected chi connectivity index (χ0v) is 26.4. The SMILES string of the molecule is CCNC(=O)[C@H](Cc1ccccc1)N(Cc1ccccc1C)C(=O)CN(c1ccc(OC)cc1)S(=O)(=O)c1ccc(C)cc1. The normalized spacial score (nSPS) is 11.8. The smallest absolute Gasteiger partial charge is 0.264 e. The molecule has 4 aromatic rings. The minimum Gasteiger partial charge on any atom is -0.497 e. The summed E-state index contributed by atoms with van der Waals surface area (Å²) in [6.07, 6.45) is 0.261. The van der Waals surface area contributed by atoms with Gasteiger partial charge in [0.2, 0.25) is 11.8 Å². The number of likely N-dealkylation sites (N-methyl/N-ethyl adjacent to an activating group) is 1. The number of benzene rings is 4. The molecule has 1 N–H and O–H groups in total. The maximum atomic E-state index is 14.5. The number of hydrogen-bond donors (Lipinski definition) is 1. The number of carbonyl (C=O) groups excluding carboxylic acids is 2. The van der Waals surface area contributed by atoms with E-state index < -0.39 is 28.5 Å². The van der Waals surface area contributed by atoms with Gasteiger partial charge in [-0.25, -0.2) is 8.42 Å². The maximum absolute atomic E-state index is 14.5. The molecule has 4 rings (SSSR count). The molecule has 0 aliphatic carbocycles. The summed E-state index contributed by atoms with van der Waals surface area (Å²) in [5.74, 6) is -0.268. The van der Waals surface area contributed by atoms with Crippen LogP contribution in [0.5, 0.6) is 5.75 Å². The predicted molar refractivity (Wildman–Crippen MR) is 173 cm³/mol. The lowest BCUT2D eigenvalue weighted by Gasteiger charge is -2.34. The molecule has 8 nitrogen and oxygen atoms in total. The van der Waals surface area contributed by atoms with Crippen LogP contribution in [0.15, 0.2) is 108 Å². The molecule has 0 fully saturated rings. The molecule has 0 aliphatic rings. The van der Waals surface area contributed by atoms with Gasteiger partial charge in [0.1, 0.15) is 18.3 Å². The van der Waals surface area contributed by atoms with Crippen LogP contribution in [0.2, 0.25) is 0 Å². The molecule has 0 aliphatic heterocycles. The number of methoxy groups -OCH3 is 1. The van der Waals surface area contributed by atoms with E-state index in [0.29, 0.717) is 18.0 Å². The first-order chi connectivity index (χ1) is 21.1. The molecule has 2 amide bonds. The highest BCUT2D eigenvalue weighted by molar-refractivity contribution is 7.92. The topological polar surface area (TPSA) is 96.0 Å². The summed E-state index contributed by atoms with van der Waals surface area (Å²) >= 11 is 0. The van der Waals surface area contributed by atoms with Gasteiger partial charge < -0.3 is 15.0 Å². The first kappa shape index (κ1) is 32.3. The highest BCUT2D eigenvalue weighted by atomic mass is 32.2. The van der Waals surface area contributed by atoms with Crippen LogP contribution in [0.3, 0.4) is 0 Å². The number of nitrogens with zero attached hydrogens (tertiary/aromatic N) is 2. The van der Waals surface area contributed by atoms with Crippen LogP contribution in [0.25, 0.3) is 0 Å². The van der Waals surface area contributed by atoms with E-state index >= 15 is 0 Å². The van der Waals surface area contributed by atoms with Crippen molar-refractivity contribution in [3.63, 3.8) is 0 Å². The Bertz CT molecular complexity index is 1660. The molecule has 0 radical (unpaired) electrons. The number of rotatable bonds is 13. The van der Waals surface area contributed by atoms with Crippen molar-refractivity contribution in [3.05, 3.63) is 125 Å². The van der Waals surface area contributed by atoms with Gasteiger partial charge in [0.25, 0.3) is 10.0 Å². The quantitative estimate of drug-likeness (QED) is 0.221. The summed E-state index contributed by atoms with van der Waals surface area (Å²) in [6, 6.07) is 29.3. The summed E-state index contributed by atoms with van der Waals surface area (Å²) in [7, 11) is -2.65. The third-order valence-corrected chi connectivity index (χ3v) is 9.26. The molecule has 0 saturated heterocycles. The molecule has 44 heavy (non-hydrogen) atoms. The zero-order chi connectivity index (χ0) is 31.7. The Balaban J connectivity index is 1.80. The van der Waals surface area contributed by atoms with Gasteiger partial charge in [-0.1, -0.05) is 72.3 Å². The van der Waals surface area contributed by atoms with Gasteiger partial charge in [0, 0.05) is 19.5 Å². The van der Waals surface area contributed by atoms with Crippen LogP contribution < -0.4 is 14.4 Å². The lowest BCUT2D eigenvalue weighted by molar-refractivity contribution is -0.140.